The summed E-state index contributed by atoms with van der Waals surface area (Å²) in [4.78, 5) is 28.2. The van der Waals surface area contributed by atoms with Crippen molar-refractivity contribution in [2.45, 2.75) is 68.7 Å². The maximum atomic E-state index is 14.1. The minimum atomic E-state index is -0.812. The Morgan fingerprint density at radius 3 is 1.44 bits per heavy atom. The molecule has 1 unspecified atom stereocenters. The fourth-order valence-corrected chi connectivity index (χ4v) is 5.85. The van der Waals surface area contributed by atoms with Gasteiger partial charge < -0.3 is 0 Å². The molecule has 0 aliphatic rings. The van der Waals surface area contributed by atoms with Gasteiger partial charge in [0.05, 0.1) is 5.92 Å². The van der Waals surface area contributed by atoms with Crippen LogP contribution in [0.3, 0.4) is 0 Å². The fraction of sp³-hybridized carbons (Fsp3) is 0.500. The van der Waals surface area contributed by atoms with Crippen LogP contribution >= 0.6 is 8.46 Å². The molecule has 0 amide bonds. The van der Waals surface area contributed by atoms with Gasteiger partial charge in [-0.3, -0.25) is 14.2 Å². The molecule has 0 saturated heterocycles. The Kier molecular flexibility index (Phi) is 8.34. The van der Waals surface area contributed by atoms with Gasteiger partial charge in [-0.2, -0.15) is 0 Å². The van der Waals surface area contributed by atoms with Crippen molar-refractivity contribution in [2.75, 3.05) is 6.16 Å². The summed E-state index contributed by atoms with van der Waals surface area (Å²) in [7, 11) is 0.0931. The van der Waals surface area contributed by atoms with Crippen LogP contribution in [0.25, 0.3) is 0 Å². The summed E-state index contributed by atoms with van der Waals surface area (Å²) in [5.41, 5.74) is 6.55. The number of hydrogen-bond donors (Lipinski definition) is 0. The van der Waals surface area contributed by atoms with E-state index in [4.69, 9.17) is 0 Å². The molecule has 0 radical (unpaired) electrons. The Balaban J connectivity index is 2.69. The van der Waals surface area contributed by atoms with Crippen LogP contribution in [0.5, 0.6) is 0 Å². The highest BCUT2D eigenvalue weighted by molar-refractivity contribution is 7.23. The molecule has 2 aromatic rings. The summed E-state index contributed by atoms with van der Waals surface area (Å²) in [5, 5.41) is 0. The molecule has 4 heteroatoms. The Morgan fingerprint density at radius 2 is 1.12 bits per heavy atom. The van der Waals surface area contributed by atoms with E-state index in [-0.39, 0.29) is 25.9 Å². The number of aryl methyl sites for hydroxylation is 6. The van der Waals surface area contributed by atoms with Crippen molar-refractivity contribution in [3.8, 4) is 0 Å². The van der Waals surface area contributed by atoms with E-state index in [0.29, 0.717) is 23.7 Å². The summed E-state index contributed by atoms with van der Waals surface area (Å²) in [6.45, 7) is 17.9. The third-order valence-electron chi connectivity index (χ3n) is 6.41. The minimum absolute atomic E-state index is 0.0931. The lowest BCUT2D eigenvalue weighted by Crippen LogP contribution is -2.40. The van der Waals surface area contributed by atoms with Crippen LogP contribution in [-0.2, 0) is 4.57 Å². The molecular weight excluding hydrogens is 415 g/mol. The Morgan fingerprint density at radius 1 is 0.781 bits per heavy atom. The zero-order valence-corrected chi connectivity index (χ0v) is 21.9. The van der Waals surface area contributed by atoms with Crippen molar-refractivity contribution in [2.24, 2.45) is 17.3 Å². The molecular formula is C28H37O3P. The molecule has 0 fully saturated rings. The second-order valence-corrected chi connectivity index (χ2v) is 10.9. The van der Waals surface area contributed by atoms with E-state index in [1.807, 2.05) is 86.6 Å². The van der Waals surface area contributed by atoms with E-state index in [1.54, 1.807) is 0 Å². The zero-order chi connectivity index (χ0) is 24.4. The van der Waals surface area contributed by atoms with Gasteiger partial charge in [0.2, 0.25) is 0 Å². The van der Waals surface area contributed by atoms with Crippen LogP contribution in [0.15, 0.2) is 24.3 Å². The number of carbonyl (C=O) groups excluding carboxylic acids is 2. The lowest BCUT2D eigenvalue weighted by atomic mass is 9.66. The first-order chi connectivity index (χ1) is 14.8. The van der Waals surface area contributed by atoms with Gasteiger partial charge in [-0.1, -0.05) is 56.2 Å². The van der Waals surface area contributed by atoms with Crippen molar-refractivity contribution in [1.29, 1.82) is 0 Å². The maximum Gasteiger partial charge on any atom is 0.174 e. The van der Waals surface area contributed by atoms with Crippen molar-refractivity contribution in [3.63, 3.8) is 0 Å². The number of benzene rings is 2. The first kappa shape index (κ1) is 26.1. The second kappa shape index (κ2) is 10.2. The predicted molar refractivity (Wildman–Crippen MR) is 133 cm³/mol. The molecule has 0 saturated carbocycles. The number of ketones is 2. The van der Waals surface area contributed by atoms with Gasteiger partial charge in [0, 0.05) is 17.3 Å². The van der Waals surface area contributed by atoms with Crippen LogP contribution in [0.1, 0.15) is 81.3 Å². The van der Waals surface area contributed by atoms with Gasteiger partial charge in [0.25, 0.3) is 0 Å². The average Bonchev–Trinajstić information content (AvgIpc) is 2.59. The van der Waals surface area contributed by atoms with Gasteiger partial charge in [-0.05, 0) is 81.5 Å². The normalized spacial score (nSPS) is 12.9. The van der Waals surface area contributed by atoms with Gasteiger partial charge in [-0.15, -0.1) is 0 Å². The first-order valence-corrected chi connectivity index (χ1v) is 12.3. The van der Waals surface area contributed by atoms with Gasteiger partial charge in [0.1, 0.15) is 0 Å². The average molecular weight is 453 g/mol. The monoisotopic (exact) mass is 452 g/mol. The summed E-state index contributed by atoms with van der Waals surface area (Å²) in [6.07, 6.45) is 1.15. The number of hydrogen-bond acceptors (Lipinski definition) is 3. The number of carbonyl (C=O) groups is 2. The van der Waals surface area contributed by atoms with Crippen molar-refractivity contribution in [3.05, 3.63) is 68.8 Å². The van der Waals surface area contributed by atoms with Crippen LogP contribution in [-0.4, -0.2) is 17.7 Å². The molecule has 0 aromatic heterocycles. The topological polar surface area (TPSA) is 51.2 Å². The second-order valence-electron chi connectivity index (χ2n) is 10.3. The van der Waals surface area contributed by atoms with E-state index in [0.717, 1.165) is 33.4 Å². The van der Waals surface area contributed by atoms with E-state index >= 15 is 0 Å². The number of Topliss-reactive ketones (excluding diaryl/α,β-unsaturated/α-hetero) is 2. The molecule has 172 valence electrons. The Labute approximate surface area is 195 Å². The fourth-order valence-electron chi connectivity index (χ4n) is 5.46. The molecule has 0 spiro atoms. The SMILES string of the molecule is Cc1cc(C)c(C(=O)C(C(=O)c2c(C)cc(C)cc2C)C(C)(C)CC(C)CP=O)c(C)c1. The predicted octanol–water partition coefficient (Wildman–Crippen LogP) is 7.56. The molecule has 0 aliphatic carbocycles. The number of rotatable bonds is 9. The quantitative estimate of drug-likeness (QED) is 0.224. The van der Waals surface area contributed by atoms with Crippen LogP contribution < -0.4 is 0 Å². The minimum Gasteiger partial charge on any atom is -0.293 e. The summed E-state index contributed by atoms with van der Waals surface area (Å²) >= 11 is 0. The van der Waals surface area contributed by atoms with Gasteiger partial charge in [-0.25, -0.2) is 0 Å². The van der Waals surface area contributed by atoms with E-state index in [1.165, 1.54) is 0 Å². The lowest BCUT2D eigenvalue weighted by molar-refractivity contribution is 0.0641. The molecule has 0 bridgehead atoms. The third kappa shape index (κ3) is 5.62. The molecule has 1 atom stereocenters. The highest BCUT2D eigenvalue weighted by Gasteiger charge is 2.43. The van der Waals surface area contributed by atoms with Gasteiger partial charge in [0.15, 0.2) is 20.0 Å². The van der Waals surface area contributed by atoms with Crippen LogP contribution in [0.4, 0.5) is 0 Å². The van der Waals surface area contributed by atoms with Crippen molar-refractivity contribution >= 4 is 20.0 Å². The molecule has 0 heterocycles. The first-order valence-electron chi connectivity index (χ1n) is 11.3. The van der Waals surface area contributed by atoms with Crippen LogP contribution in [0, 0.1) is 58.8 Å². The third-order valence-corrected chi connectivity index (χ3v) is 7.19. The van der Waals surface area contributed by atoms with E-state index < -0.39 is 11.3 Å². The van der Waals surface area contributed by atoms with Crippen molar-refractivity contribution < 1.29 is 14.2 Å². The standard InChI is InChI=1S/C28H37O3P/c1-16-10-19(4)23(20(5)11-16)26(29)25(28(8,9)14-18(3)15-32-31)27(30)24-21(6)12-17(2)13-22(24)7/h10-13,18,25H,14-15H2,1-9H3. The van der Waals surface area contributed by atoms with E-state index in [2.05, 4.69) is 0 Å². The van der Waals surface area contributed by atoms with Gasteiger partial charge >= 0.3 is 0 Å². The summed E-state index contributed by atoms with van der Waals surface area (Å²) in [5.74, 6) is -0.899. The highest BCUT2D eigenvalue weighted by atomic mass is 31.1. The maximum absolute atomic E-state index is 14.1. The summed E-state index contributed by atoms with van der Waals surface area (Å²) in [6, 6.07) is 8.04. The van der Waals surface area contributed by atoms with E-state index in [9.17, 15) is 14.2 Å². The molecule has 2 aromatic carbocycles. The van der Waals surface area contributed by atoms with Crippen LogP contribution in [0.2, 0.25) is 0 Å². The molecule has 3 nitrogen and oxygen atoms in total. The molecule has 0 N–H and O–H groups in total. The molecule has 2 rings (SSSR count). The largest absolute Gasteiger partial charge is 0.293 e. The van der Waals surface area contributed by atoms with Crippen molar-refractivity contribution in [1.82, 2.24) is 0 Å². The Hall–Kier alpha value is -2.12. The summed E-state index contributed by atoms with van der Waals surface area (Å²) < 4.78 is 11.2. The lowest BCUT2D eigenvalue weighted by Gasteiger charge is -2.35. The smallest absolute Gasteiger partial charge is 0.174 e. The molecule has 32 heavy (non-hydrogen) atoms. The highest BCUT2D eigenvalue weighted by Crippen LogP contribution is 2.40. The zero-order valence-electron chi connectivity index (χ0n) is 21.1. The Bertz CT molecular complexity index is 933. The molecule has 0 aliphatic heterocycles.